The lowest BCUT2D eigenvalue weighted by atomic mass is 10.2. The van der Waals surface area contributed by atoms with Crippen LogP contribution >= 0.6 is 12.4 Å². The number of likely N-dealkylation sites (N-methyl/N-ethyl adjacent to an activating group) is 1. The maximum Gasteiger partial charge on any atom is 0.271 e. The Bertz CT molecular complexity index is 891. The lowest BCUT2D eigenvalue weighted by Gasteiger charge is -2.24. The molecule has 0 aliphatic carbocycles. The highest BCUT2D eigenvalue weighted by molar-refractivity contribution is 7.89. The summed E-state index contributed by atoms with van der Waals surface area (Å²) in [4.78, 5) is 12.1. The molecule has 2 aromatic rings. The van der Waals surface area contributed by atoms with Crippen molar-refractivity contribution in [2.75, 3.05) is 34.3 Å². The third-order valence-electron chi connectivity index (χ3n) is 3.97. The highest BCUT2D eigenvalue weighted by Gasteiger charge is 2.29. The Morgan fingerprint density at radius 2 is 1.71 bits per heavy atom. The molecule has 0 aliphatic rings. The van der Waals surface area contributed by atoms with E-state index in [1.54, 1.807) is 0 Å². The second-order valence-corrected chi connectivity index (χ2v) is 8.13. The summed E-state index contributed by atoms with van der Waals surface area (Å²) < 4.78 is 33.1. The SMILES string of the molecule is COc1ccc([N+](=O)[O-])cc1S(=O)(=O)N(CCN(C)C)Cc1ccccc1.Cl. The van der Waals surface area contributed by atoms with E-state index in [1.165, 1.54) is 23.5 Å². The van der Waals surface area contributed by atoms with Crippen LogP contribution in [0.25, 0.3) is 0 Å². The molecule has 10 heteroatoms. The normalized spacial score (nSPS) is 11.3. The summed E-state index contributed by atoms with van der Waals surface area (Å²) in [6, 6.07) is 12.8. The second-order valence-electron chi connectivity index (χ2n) is 6.22. The first kappa shape index (κ1) is 23.8. The molecular formula is C18H24ClN3O5S. The molecule has 0 radical (unpaired) electrons. The molecule has 8 nitrogen and oxygen atoms in total. The number of sulfonamides is 1. The average Bonchev–Trinajstić information content (AvgIpc) is 2.65. The van der Waals surface area contributed by atoms with Crippen LogP contribution in [-0.2, 0) is 16.6 Å². The minimum atomic E-state index is -4.02. The Morgan fingerprint density at radius 3 is 2.25 bits per heavy atom. The average molecular weight is 430 g/mol. The number of nitrogens with zero attached hydrogens (tertiary/aromatic N) is 3. The number of rotatable bonds is 9. The molecule has 0 fully saturated rings. The number of halogens is 1. The van der Waals surface area contributed by atoms with Crippen molar-refractivity contribution in [3.8, 4) is 5.75 Å². The van der Waals surface area contributed by atoms with Gasteiger partial charge in [0.25, 0.3) is 5.69 Å². The Kier molecular flexibility index (Phi) is 8.83. The molecule has 0 unspecified atom stereocenters. The summed E-state index contributed by atoms with van der Waals surface area (Å²) in [6.07, 6.45) is 0. The summed E-state index contributed by atoms with van der Waals surface area (Å²) in [6.45, 7) is 0.891. The van der Waals surface area contributed by atoms with Gasteiger partial charge in [0.2, 0.25) is 10.0 Å². The molecule has 0 aromatic heterocycles. The van der Waals surface area contributed by atoms with Crippen molar-refractivity contribution in [2.24, 2.45) is 0 Å². The third kappa shape index (κ3) is 5.90. The van der Waals surface area contributed by atoms with Gasteiger partial charge in [-0.3, -0.25) is 10.1 Å². The van der Waals surface area contributed by atoms with Gasteiger partial charge in [-0.15, -0.1) is 12.4 Å². The van der Waals surface area contributed by atoms with Gasteiger partial charge >= 0.3 is 0 Å². The van der Waals surface area contributed by atoms with E-state index >= 15 is 0 Å². The van der Waals surface area contributed by atoms with E-state index in [1.807, 2.05) is 49.3 Å². The smallest absolute Gasteiger partial charge is 0.271 e. The molecule has 0 bridgehead atoms. The van der Waals surface area contributed by atoms with Crippen LogP contribution in [0.4, 0.5) is 5.69 Å². The topological polar surface area (TPSA) is 93.0 Å². The molecule has 28 heavy (non-hydrogen) atoms. The van der Waals surface area contributed by atoms with Gasteiger partial charge in [0.1, 0.15) is 10.6 Å². The highest BCUT2D eigenvalue weighted by Crippen LogP contribution is 2.31. The maximum absolute atomic E-state index is 13.3. The molecule has 0 spiro atoms. The second kappa shape index (κ2) is 10.4. The molecule has 0 atom stereocenters. The molecule has 2 aromatic carbocycles. The fraction of sp³-hybridized carbons (Fsp3) is 0.333. The number of hydrogen-bond donors (Lipinski definition) is 0. The van der Waals surface area contributed by atoms with E-state index in [2.05, 4.69) is 0 Å². The fourth-order valence-electron chi connectivity index (χ4n) is 2.50. The quantitative estimate of drug-likeness (QED) is 0.449. The van der Waals surface area contributed by atoms with Gasteiger partial charge in [0.15, 0.2) is 0 Å². The Hall–Kier alpha value is -2.20. The van der Waals surface area contributed by atoms with Gasteiger partial charge in [-0.1, -0.05) is 30.3 Å². The summed E-state index contributed by atoms with van der Waals surface area (Å²) in [7, 11) is 1.02. The zero-order valence-electron chi connectivity index (χ0n) is 15.9. The molecule has 0 amide bonds. The summed E-state index contributed by atoms with van der Waals surface area (Å²) >= 11 is 0. The lowest BCUT2D eigenvalue weighted by Crippen LogP contribution is -2.36. The fourth-order valence-corrected chi connectivity index (χ4v) is 4.10. The first-order chi connectivity index (χ1) is 12.8. The van der Waals surface area contributed by atoms with Crippen molar-refractivity contribution >= 4 is 28.1 Å². The zero-order valence-corrected chi connectivity index (χ0v) is 17.6. The van der Waals surface area contributed by atoms with E-state index in [4.69, 9.17) is 4.74 Å². The highest BCUT2D eigenvalue weighted by atomic mass is 35.5. The molecule has 0 heterocycles. The van der Waals surface area contributed by atoms with Crippen LogP contribution in [0.5, 0.6) is 5.75 Å². The molecule has 0 saturated carbocycles. The van der Waals surface area contributed by atoms with Crippen LogP contribution in [0.2, 0.25) is 0 Å². The van der Waals surface area contributed by atoms with Crippen molar-refractivity contribution in [3.63, 3.8) is 0 Å². The van der Waals surface area contributed by atoms with Crippen molar-refractivity contribution in [1.29, 1.82) is 0 Å². The number of benzene rings is 2. The van der Waals surface area contributed by atoms with Crippen molar-refractivity contribution in [1.82, 2.24) is 9.21 Å². The van der Waals surface area contributed by atoms with Crippen LogP contribution in [0.15, 0.2) is 53.4 Å². The minimum absolute atomic E-state index is 0. The lowest BCUT2D eigenvalue weighted by molar-refractivity contribution is -0.385. The van der Waals surface area contributed by atoms with Crippen molar-refractivity contribution in [3.05, 3.63) is 64.2 Å². The monoisotopic (exact) mass is 429 g/mol. The van der Waals surface area contributed by atoms with Crippen LogP contribution in [-0.4, -0.2) is 56.8 Å². The van der Waals surface area contributed by atoms with E-state index in [-0.39, 0.29) is 41.8 Å². The number of ether oxygens (including phenoxy) is 1. The van der Waals surface area contributed by atoms with Gasteiger partial charge in [0, 0.05) is 31.8 Å². The standard InChI is InChI=1S/C18H23N3O5S.ClH/c1-19(2)11-12-20(14-15-7-5-4-6-8-15)27(24,25)18-13-16(21(22)23)9-10-17(18)26-3;/h4-10,13H,11-12,14H2,1-3H3;1H. The number of methoxy groups -OCH3 is 1. The number of nitro benzene ring substituents is 1. The summed E-state index contributed by atoms with van der Waals surface area (Å²) in [5.41, 5.74) is 0.519. The van der Waals surface area contributed by atoms with Crippen molar-refractivity contribution in [2.45, 2.75) is 11.4 Å². The van der Waals surface area contributed by atoms with Crippen LogP contribution in [0, 0.1) is 10.1 Å². The van der Waals surface area contributed by atoms with E-state index in [9.17, 15) is 18.5 Å². The van der Waals surface area contributed by atoms with Gasteiger partial charge in [-0.05, 0) is 25.7 Å². The Morgan fingerprint density at radius 1 is 1.07 bits per heavy atom. The largest absolute Gasteiger partial charge is 0.495 e. The molecule has 0 aliphatic heterocycles. The van der Waals surface area contributed by atoms with Crippen molar-refractivity contribution < 1.29 is 18.1 Å². The van der Waals surface area contributed by atoms with Gasteiger partial charge in [0.05, 0.1) is 12.0 Å². The van der Waals surface area contributed by atoms with Crippen LogP contribution in [0.3, 0.4) is 0 Å². The number of hydrogen-bond acceptors (Lipinski definition) is 6. The van der Waals surface area contributed by atoms with E-state index in [0.29, 0.717) is 6.54 Å². The maximum atomic E-state index is 13.3. The van der Waals surface area contributed by atoms with Gasteiger partial charge in [-0.25, -0.2) is 8.42 Å². The van der Waals surface area contributed by atoms with Crippen LogP contribution < -0.4 is 4.74 Å². The first-order valence-corrected chi connectivity index (χ1v) is 9.71. The molecule has 154 valence electrons. The van der Waals surface area contributed by atoms with Gasteiger partial charge in [-0.2, -0.15) is 4.31 Å². The summed E-state index contributed by atoms with van der Waals surface area (Å²) in [5, 5.41) is 11.1. The summed E-state index contributed by atoms with van der Waals surface area (Å²) in [5.74, 6) is 0.0727. The van der Waals surface area contributed by atoms with Crippen LogP contribution in [0.1, 0.15) is 5.56 Å². The predicted octanol–water partition coefficient (Wildman–Crippen LogP) is 2.78. The van der Waals surface area contributed by atoms with Gasteiger partial charge < -0.3 is 9.64 Å². The number of nitro groups is 1. The molecule has 0 N–H and O–H groups in total. The van der Waals surface area contributed by atoms with E-state index < -0.39 is 14.9 Å². The van der Waals surface area contributed by atoms with E-state index in [0.717, 1.165) is 11.6 Å². The number of non-ortho nitro benzene ring substituents is 1. The first-order valence-electron chi connectivity index (χ1n) is 8.27. The predicted molar refractivity (Wildman–Crippen MR) is 109 cm³/mol. The molecular weight excluding hydrogens is 406 g/mol. The Balaban J connectivity index is 0.00000392. The Labute approximate surface area is 171 Å². The molecule has 2 rings (SSSR count). The third-order valence-corrected chi connectivity index (χ3v) is 5.84. The molecule has 0 saturated heterocycles. The zero-order chi connectivity index (χ0) is 20.0. The minimum Gasteiger partial charge on any atom is -0.495 e.